The van der Waals surface area contributed by atoms with E-state index in [0.29, 0.717) is 6.42 Å². The second kappa shape index (κ2) is 6.53. The Kier molecular flexibility index (Phi) is 5.32. The molecule has 0 aliphatic carbocycles. The molecule has 0 saturated heterocycles. The molecule has 1 aromatic carbocycles. The van der Waals surface area contributed by atoms with Gasteiger partial charge >= 0.3 is 5.97 Å². The molecule has 0 spiro atoms. The molecule has 0 aliphatic heterocycles. The van der Waals surface area contributed by atoms with Gasteiger partial charge in [-0.1, -0.05) is 6.07 Å². The van der Waals surface area contributed by atoms with Crippen LogP contribution in [0.4, 0.5) is 0 Å². The van der Waals surface area contributed by atoms with Crippen LogP contribution >= 0.6 is 15.9 Å². The van der Waals surface area contributed by atoms with E-state index in [4.69, 9.17) is 4.74 Å². The van der Waals surface area contributed by atoms with Crippen molar-refractivity contribution in [2.45, 2.75) is 19.3 Å². The topological polar surface area (TPSA) is 35.5 Å². The van der Waals surface area contributed by atoms with Crippen LogP contribution in [-0.4, -0.2) is 20.2 Å². The lowest BCUT2D eigenvalue weighted by Crippen LogP contribution is -2.00. The number of carbonyl (C=O) groups is 1. The zero-order valence-electron chi connectivity index (χ0n) is 9.46. The first-order valence-electron chi connectivity index (χ1n) is 5.06. The summed E-state index contributed by atoms with van der Waals surface area (Å²) in [6, 6.07) is 5.93. The number of methoxy groups -OCH3 is 2. The Labute approximate surface area is 104 Å². The molecule has 0 N–H and O–H groups in total. The highest BCUT2D eigenvalue weighted by molar-refractivity contribution is 9.10. The summed E-state index contributed by atoms with van der Waals surface area (Å²) in [5.41, 5.74) is 1.18. The Morgan fingerprint density at radius 2 is 2.12 bits per heavy atom. The number of hydrogen-bond acceptors (Lipinski definition) is 3. The number of carbonyl (C=O) groups excluding carboxylic acids is 1. The fraction of sp³-hybridized carbons (Fsp3) is 0.417. The van der Waals surface area contributed by atoms with Gasteiger partial charge in [0.25, 0.3) is 0 Å². The van der Waals surface area contributed by atoms with Crippen molar-refractivity contribution in [1.82, 2.24) is 0 Å². The molecule has 0 heterocycles. The van der Waals surface area contributed by atoms with Gasteiger partial charge in [0.15, 0.2) is 0 Å². The minimum absolute atomic E-state index is 0.160. The Morgan fingerprint density at radius 1 is 1.38 bits per heavy atom. The van der Waals surface area contributed by atoms with Crippen molar-refractivity contribution in [2.75, 3.05) is 14.2 Å². The maximum Gasteiger partial charge on any atom is 0.305 e. The highest BCUT2D eigenvalue weighted by Gasteiger charge is 2.03. The van der Waals surface area contributed by atoms with Crippen LogP contribution in [0.25, 0.3) is 0 Å². The van der Waals surface area contributed by atoms with E-state index in [2.05, 4.69) is 20.7 Å². The first-order valence-corrected chi connectivity index (χ1v) is 5.86. The van der Waals surface area contributed by atoms with Crippen LogP contribution < -0.4 is 4.74 Å². The van der Waals surface area contributed by atoms with Gasteiger partial charge in [0.2, 0.25) is 0 Å². The van der Waals surface area contributed by atoms with E-state index in [1.165, 1.54) is 12.7 Å². The minimum atomic E-state index is -0.160. The van der Waals surface area contributed by atoms with Crippen LogP contribution in [0.3, 0.4) is 0 Å². The number of hydrogen-bond donors (Lipinski definition) is 0. The molecule has 3 nitrogen and oxygen atoms in total. The Balaban J connectivity index is 2.49. The van der Waals surface area contributed by atoms with Crippen LogP contribution in [0.5, 0.6) is 5.75 Å². The normalized spacial score (nSPS) is 9.94. The number of benzene rings is 1. The van der Waals surface area contributed by atoms with Crippen LogP contribution in [0, 0.1) is 0 Å². The number of rotatable bonds is 5. The van der Waals surface area contributed by atoms with Gasteiger partial charge < -0.3 is 9.47 Å². The molecule has 4 heteroatoms. The second-order valence-electron chi connectivity index (χ2n) is 3.40. The minimum Gasteiger partial charge on any atom is -0.496 e. The maximum atomic E-state index is 10.9. The summed E-state index contributed by atoms with van der Waals surface area (Å²) in [5, 5.41) is 0. The number of halogens is 1. The largest absolute Gasteiger partial charge is 0.496 e. The lowest BCUT2D eigenvalue weighted by atomic mass is 10.1. The van der Waals surface area contributed by atoms with Crippen LogP contribution in [0.15, 0.2) is 22.7 Å². The second-order valence-corrected chi connectivity index (χ2v) is 4.25. The molecule has 0 amide bonds. The van der Waals surface area contributed by atoms with Gasteiger partial charge in [0, 0.05) is 6.42 Å². The maximum absolute atomic E-state index is 10.9. The van der Waals surface area contributed by atoms with Gasteiger partial charge in [0.05, 0.1) is 18.7 Å². The predicted molar refractivity (Wildman–Crippen MR) is 65.6 cm³/mol. The fourth-order valence-corrected chi connectivity index (χ4v) is 1.99. The molecule has 0 aliphatic rings. The summed E-state index contributed by atoms with van der Waals surface area (Å²) in [5.74, 6) is 0.657. The lowest BCUT2D eigenvalue weighted by molar-refractivity contribution is -0.140. The summed E-state index contributed by atoms with van der Waals surface area (Å²) < 4.78 is 10.7. The predicted octanol–water partition coefficient (Wildman–Crippen LogP) is 2.95. The third-order valence-electron chi connectivity index (χ3n) is 2.29. The van der Waals surface area contributed by atoms with Crippen molar-refractivity contribution >= 4 is 21.9 Å². The average Bonchev–Trinajstić information content (AvgIpc) is 2.29. The number of aryl methyl sites for hydroxylation is 1. The average molecular weight is 287 g/mol. The molecule has 0 fully saturated rings. The van der Waals surface area contributed by atoms with E-state index in [9.17, 15) is 4.79 Å². The molecule has 16 heavy (non-hydrogen) atoms. The molecule has 1 aromatic rings. The monoisotopic (exact) mass is 286 g/mol. The van der Waals surface area contributed by atoms with Crippen molar-refractivity contribution in [1.29, 1.82) is 0 Å². The Hall–Kier alpha value is -1.03. The lowest BCUT2D eigenvalue weighted by Gasteiger charge is -2.06. The van der Waals surface area contributed by atoms with Crippen molar-refractivity contribution in [2.24, 2.45) is 0 Å². The zero-order chi connectivity index (χ0) is 12.0. The summed E-state index contributed by atoms with van der Waals surface area (Å²) in [6.45, 7) is 0. The van der Waals surface area contributed by atoms with E-state index in [0.717, 1.165) is 23.1 Å². The molecule has 0 aromatic heterocycles. The van der Waals surface area contributed by atoms with Gasteiger partial charge in [0.1, 0.15) is 5.75 Å². The van der Waals surface area contributed by atoms with Crippen molar-refractivity contribution in [3.05, 3.63) is 28.2 Å². The first-order chi connectivity index (χ1) is 7.67. The Morgan fingerprint density at radius 3 is 2.69 bits per heavy atom. The van der Waals surface area contributed by atoms with Gasteiger partial charge in [-0.2, -0.15) is 0 Å². The smallest absolute Gasteiger partial charge is 0.305 e. The van der Waals surface area contributed by atoms with Gasteiger partial charge in [-0.3, -0.25) is 4.79 Å². The van der Waals surface area contributed by atoms with Crippen LogP contribution in [0.2, 0.25) is 0 Å². The fourth-order valence-electron chi connectivity index (χ4n) is 1.40. The molecule has 0 saturated carbocycles. The van der Waals surface area contributed by atoms with Crippen LogP contribution in [-0.2, 0) is 16.0 Å². The standard InChI is InChI=1S/C12H15BrO3/c1-15-11-7-6-9(8-10(11)13)4-3-5-12(14)16-2/h6-8H,3-5H2,1-2H3. The summed E-state index contributed by atoms with van der Waals surface area (Å²) in [4.78, 5) is 10.9. The molecular weight excluding hydrogens is 272 g/mol. The summed E-state index contributed by atoms with van der Waals surface area (Å²) in [6.07, 6.45) is 2.11. The number of esters is 1. The van der Waals surface area contributed by atoms with Crippen molar-refractivity contribution < 1.29 is 14.3 Å². The van der Waals surface area contributed by atoms with E-state index in [-0.39, 0.29) is 5.97 Å². The molecule has 0 bridgehead atoms. The quantitative estimate of drug-likeness (QED) is 0.781. The van der Waals surface area contributed by atoms with Gasteiger partial charge in [-0.05, 0) is 46.5 Å². The van der Waals surface area contributed by atoms with Crippen molar-refractivity contribution in [3.8, 4) is 5.75 Å². The van der Waals surface area contributed by atoms with Gasteiger partial charge in [-0.15, -0.1) is 0 Å². The van der Waals surface area contributed by atoms with E-state index >= 15 is 0 Å². The van der Waals surface area contributed by atoms with Crippen molar-refractivity contribution in [3.63, 3.8) is 0 Å². The third kappa shape index (κ3) is 3.85. The van der Waals surface area contributed by atoms with Crippen LogP contribution in [0.1, 0.15) is 18.4 Å². The SMILES string of the molecule is COC(=O)CCCc1ccc(OC)c(Br)c1. The molecule has 0 unspecified atom stereocenters. The molecular formula is C12H15BrO3. The molecule has 0 radical (unpaired) electrons. The van der Waals surface area contributed by atoms with Gasteiger partial charge in [-0.25, -0.2) is 0 Å². The zero-order valence-corrected chi connectivity index (χ0v) is 11.0. The highest BCUT2D eigenvalue weighted by Crippen LogP contribution is 2.26. The highest BCUT2D eigenvalue weighted by atomic mass is 79.9. The van der Waals surface area contributed by atoms with E-state index < -0.39 is 0 Å². The molecule has 0 atom stereocenters. The Bertz CT molecular complexity index is 363. The van der Waals surface area contributed by atoms with E-state index in [1.54, 1.807) is 7.11 Å². The third-order valence-corrected chi connectivity index (χ3v) is 2.91. The molecule has 88 valence electrons. The number of ether oxygens (including phenoxy) is 2. The molecule has 1 rings (SSSR count). The van der Waals surface area contributed by atoms with E-state index in [1.807, 2.05) is 18.2 Å². The first kappa shape index (κ1) is 13.0. The summed E-state index contributed by atoms with van der Waals surface area (Å²) in [7, 11) is 3.04. The summed E-state index contributed by atoms with van der Waals surface area (Å²) >= 11 is 3.43.